The van der Waals surface area contributed by atoms with Gasteiger partial charge in [-0.15, -0.1) is 0 Å². The van der Waals surface area contributed by atoms with Gasteiger partial charge in [-0.05, 0) is 43.2 Å². The lowest BCUT2D eigenvalue weighted by atomic mass is 10.0. The van der Waals surface area contributed by atoms with Crippen LogP contribution < -0.4 is 10.1 Å². The molecule has 0 aromatic heterocycles. The van der Waals surface area contributed by atoms with Gasteiger partial charge in [0.25, 0.3) is 0 Å². The van der Waals surface area contributed by atoms with Crippen LogP contribution in [0.5, 0.6) is 5.75 Å². The van der Waals surface area contributed by atoms with Crippen LogP contribution in [0, 0.1) is 12.7 Å². The lowest BCUT2D eigenvalue weighted by Crippen LogP contribution is -2.26. The van der Waals surface area contributed by atoms with Crippen molar-refractivity contribution in [1.29, 1.82) is 0 Å². The summed E-state index contributed by atoms with van der Waals surface area (Å²) in [5, 5.41) is 2.78. The predicted octanol–water partition coefficient (Wildman–Crippen LogP) is 3.46. The summed E-state index contributed by atoms with van der Waals surface area (Å²) >= 11 is 0. The molecule has 2 aromatic carbocycles. The molecule has 0 aliphatic rings. The van der Waals surface area contributed by atoms with Crippen LogP contribution >= 0.6 is 0 Å². The molecule has 1 N–H and O–H groups in total. The maximum absolute atomic E-state index is 12.8. The molecule has 0 aliphatic heterocycles. The van der Waals surface area contributed by atoms with Crippen molar-refractivity contribution in [3.8, 4) is 5.75 Å². The number of halogens is 1. The number of ketones is 1. The topological polar surface area (TPSA) is 55.4 Å². The number of carbonyl (C=O) groups is 2. The zero-order valence-corrected chi connectivity index (χ0v) is 14.5. The Labute approximate surface area is 147 Å². The summed E-state index contributed by atoms with van der Waals surface area (Å²) in [6.07, 6.45) is 0.868. The number of hydrogen-bond acceptors (Lipinski definition) is 3. The number of ether oxygens (including phenoxy) is 1. The predicted molar refractivity (Wildman–Crippen MR) is 94.4 cm³/mol. The molecule has 0 atom stereocenters. The fourth-order valence-corrected chi connectivity index (χ4v) is 2.49. The summed E-state index contributed by atoms with van der Waals surface area (Å²) in [4.78, 5) is 24.2. The van der Waals surface area contributed by atoms with Crippen LogP contribution in [0.4, 0.5) is 4.39 Å². The summed E-state index contributed by atoms with van der Waals surface area (Å²) < 4.78 is 18.0. The largest absolute Gasteiger partial charge is 0.496 e. The van der Waals surface area contributed by atoms with Gasteiger partial charge in [0.15, 0.2) is 5.78 Å². The maximum atomic E-state index is 12.8. The molecule has 0 aliphatic carbocycles. The Morgan fingerprint density at radius 2 is 1.80 bits per heavy atom. The standard InChI is InChI=1S/C20H22FNO3/c1-14-3-9-19(25-2)17(13-14)18(23)8-10-20(24)22-12-11-15-4-6-16(21)7-5-15/h3-7,9,13H,8,10-12H2,1-2H3,(H,22,24). The summed E-state index contributed by atoms with van der Waals surface area (Å²) in [5.41, 5.74) is 2.41. The minimum atomic E-state index is -0.280. The van der Waals surface area contributed by atoms with Crippen molar-refractivity contribution in [2.75, 3.05) is 13.7 Å². The van der Waals surface area contributed by atoms with Crippen molar-refractivity contribution in [2.45, 2.75) is 26.2 Å². The average Bonchev–Trinajstić information content (AvgIpc) is 2.61. The second kappa shape index (κ2) is 8.97. The quantitative estimate of drug-likeness (QED) is 0.747. The number of methoxy groups -OCH3 is 1. The lowest BCUT2D eigenvalue weighted by Gasteiger charge is -2.09. The van der Waals surface area contributed by atoms with Crippen LogP contribution in [0.15, 0.2) is 42.5 Å². The zero-order chi connectivity index (χ0) is 18.2. The number of hydrogen-bond donors (Lipinski definition) is 1. The van der Waals surface area contributed by atoms with Crippen molar-refractivity contribution >= 4 is 11.7 Å². The number of rotatable bonds is 8. The Bertz CT molecular complexity index is 741. The molecule has 2 rings (SSSR count). The molecule has 4 nitrogen and oxygen atoms in total. The minimum Gasteiger partial charge on any atom is -0.496 e. The Morgan fingerprint density at radius 1 is 1.08 bits per heavy atom. The summed E-state index contributed by atoms with van der Waals surface area (Å²) in [7, 11) is 1.52. The Kier molecular flexibility index (Phi) is 6.69. The monoisotopic (exact) mass is 343 g/mol. The molecule has 132 valence electrons. The van der Waals surface area contributed by atoms with E-state index in [1.54, 1.807) is 24.3 Å². The number of benzene rings is 2. The molecule has 0 radical (unpaired) electrons. The molecule has 5 heteroatoms. The van der Waals surface area contributed by atoms with Crippen molar-refractivity contribution in [2.24, 2.45) is 0 Å². The van der Waals surface area contributed by atoms with Crippen LogP contribution in [-0.2, 0) is 11.2 Å². The number of nitrogens with one attached hydrogen (secondary N) is 1. The molecule has 0 fully saturated rings. The maximum Gasteiger partial charge on any atom is 0.220 e. The van der Waals surface area contributed by atoms with E-state index in [-0.39, 0.29) is 30.3 Å². The van der Waals surface area contributed by atoms with Gasteiger partial charge in [-0.25, -0.2) is 4.39 Å². The smallest absolute Gasteiger partial charge is 0.220 e. The van der Waals surface area contributed by atoms with Crippen molar-refractivity contribution in [1.82, 2.24) is 5.32 Å². The first-order chi connectivity index (χ1) is 12.0. The van der Waals surface area contributed by atoms with E-state index in [9.17, 15) is 14.0 Å². The fourth-order valence-electron chi connectivity index (χ4n) is 2.49. The molecule has 0 spiro atoms. The first-order valence-electron chi connectivity index (χ1n) is 8.18. The number of Topliss-reactive ketones (excluding diaryl/α,β-unsaturated/α-hetero) is 1. The van der Waals surface area contributed by atoms with E-state index in [1.807, 2.05) is 13.0 Å². The van der Waals surface area contributed by atoms with E-state index in [4.69, 9.17) is 4.74 Å². The van der Waals surface area contributed by atoms with E-state index in [2.05, 4.69) is 5.32 Å². The first-order valence-corrected chi connectivity index (χ1v) is 8.18. The highest BCUT2D eigenvalue weighted by molar-refractivity contribution is 6.00. The third-order valence-electron chi connectivity index (χ3n) is 3.88. The van der Waals surface area contributed by atoms with Gasteiger partial charge in [-0.1, -0.05) is 23.8 Å². The Hall–Kier alpha value is -2.69. The number of amides is 1. The second-order valence-corrected chi connectivity index (χ2v) is 5.85. The lowest BCUT2D eigenvalue weighted by molar-refractivity contribution is -0.121. The van der Waals surface area contributed by atoms with Crippen molar-refractivity contribution < 1.29 is 18.7 Å². The van der Waals surface area contributed by atoms with Crippen LogP contribution in [0.3, 0.4) is 0 Å². The molecule has 0 saturated carbocycles. The highest BCUT2D eigenvalue weighted by Crippen LogP contribution is 2.21. The number of aryl methyl sites for hydroxylation is 1. The van der Waals surface area contributed by atoms with Crippen LogP contribution in [0.2, 0.25) is 0 Å². The van der Waals surface area contributed by atoms with E-state index >= 15 is 0 Å². The molecule has 25 heavy (non-hydrogen) atoms. The number of carbonyl (C=O) groups excluding carboxylic acids is 2. The Balaban J connectivity index is 1.78. The molecular weight excluding hydrogens is 321 g/mol. The molecule has 0 bridgehead atoms. The average molecular weight is 343 g/mol. The van der Waals surface area contributed by atoms with Gasteiger partial charge >= 0.3 is 0 Å². The zero-order valence-electron chi connectivity index (χ0n) is 14.5. The summed E-state index contributed by atoms with van der Waals surface area (Å²) in [6, 6.07) is 11.6. The minimum absolute atomic E-state index is 0.116. The molecule has 0 heterocycles. The summed E-state index contributed by atoms with van der Waals surface area (Å²) in [5.74, 6) is -0.0542. The van der Waals surface area contributed by atoms with Gasteiger partial charge in [-0.3, -0.25) is 9.59 Å². The van der Waals surface area contributed by atoms with Gasteiger partial charge in [0.1, 0.15) is 11.6 Å². The van der Waals surface area contributed by atoms with Gasteiger partial charge in [0.05, 0.1) is 12.7 Å². The van der Waals surface area contributed by atoms with Gasteiger partial charge in [-0.2, -0.15) is 0 Å². The van der Waals surface area contributed by atoms with E-state index in [1.165, 1.54) is 19.2 Å². The fraction of sp³-hybridized carbons (Fsp3) is 0.300. The SMILES string of the molecule is COc1ccc(C)cc1C(=O)CCC(=O)NCCc1ccc(F)cc1. The highest BCUT2D eigenvalue weighted by atomic mass is 19.1. The van der Waals surface area contributed by atoms with Crippen LogP contribution in [0.1, 0.15) is 34.3 Å². The van der Waals surface area contributed by atoms with Crippen LogP contribution in [0.25, 0.3) is 0 Å². The molecular formula is C20H22FNO3. The van der Waals surface area contributed by atoms with Gasteiger partial charge < -0.3 is 10.1 Å². The van der Waals surface area contributed by atoms with E-state index < -0.39 is 0 Å². The van der Waals surface area contributed by atoms with Crippen molar-refractivity contribution in [3.63, 3.8) is 0 Å². The normalized spacial score (nSPS) is 10.4. The molecule has 0 saturated heterocycles. The first kappa shape index (κ1) is 18.6. The highest BCUT2D eigenvalue weighted by Gasteiger charge is 2.14. The van der Waals surface area contributed by atoms with Gasteiger partial charge in [0, 0.05) is 19.4 Å². The third kappa shape index (κ3) is 5.71. The summed E-state index contributed by atoms with van der Waals surface area (Å²) in [6.45, 7) is 2.35. The Morgan fingerprint density at radius 3 is 2.48 bits per heavy atom. The van der Waals surface area contributed by atoms with Crippen molar-refractivity contribution in [3.05, 3.63) is 65.0 Å². The van der Waals surface area contributed by atoms with Gasteiger partial charge in [0.2, 0.25) is 5.91 Å². The van der Waals surface area contributed by atoms with E-state index in [0.717, 1.165) is 11.1 Å². The van der Waals surface area contributed by atoms with Crippen LogP contribution in [-0.4, -0.2) is 25.3 Å². The molecule has 1 amide bonds. The van der Waals surface area contributed by atoms with E-state index in [0.29, 0.717) is 24.3 Å². The molecule has 0 unspecified atom stereocenters. The molecule has 2 aromatic rings. The third-order valence-corrected chi connectivity index (χ3v) is 3.88. The second-order valence-electron chi connectivity index (χ2n) is 5.85.